The van der Waals surface area contributed by atoms with Gasteiger partial charge in [0.25, 0.3) is 5.56 Å². The van der Waals surface area contributed by atoms with E-state index in [2.05, 4.69) is 28.0 Å². The highest BCUT2D eigenvalue weighted by Crippen LogP contribution is 2.39. The van der Waals surface area contributed by atoms with E-state index in [1.807, 2.05) is 45.0 Å². The third-order valence-corrected chi connectivity index (χ3v) is 6.08. The predicted octanol–water partition coefficient (Wildman–Crippen LogP) is 5.75. The van der Waals surface area contributed by atoms with E-state index in [1.165, 1.54) is 4.68 Å². The molecule has 1 aromatic heterocycles. The summed E-state index contributed by atoms with van der Waals surface area (Å²) in [5.74, 6) is 2.28. The average molecular weight is 516 g/mol. The number of nitrogens with zero attached hydrogens (tertiary/aromatic N) is 3. The Morgan fingerprint density at radius 1 is 1.09 bits per heavy atom. The molecule has 3 rings (SSSR count). The number of ether oxygens (including phenoxy) is 3. The lowest BCUT2D eigenvalue weighted by atomic mass is 10.1. The summed E-state index contributed by atoms with van der Waals surface area (Å²) in [6, 6.07) is 9.10. The first kappa shape index (κ1) is 24.8. The van der Waals surface area contributed by atoms with Crippen LogP contribution in [0.4, 0.5) is 0 Å². The molecule has 1 heterocycles. The molecule has 0 amide bonds. The van der Waals surface area contributed by atoms with Gasteiger partial charge < -0.3 is 14.2 Å². The molecular weight excluding hydrogens is 486 g/mol. The number of aromatic nitrogens is 2. The predicted molar refractivity (Wildman–Crippen MR) is 135 cm³/mol. The molecule has 0 unspecified atom stereocenters. The smallest absolute Gasteiger partial charge is 0.282 e. The Labute approximate surface area is 202 Å². The summed E-state index contributed by atoms with van der Waals surface area (Å²) in [7, 11) is 3.16. The van der Waals surface area contributed by atoms with Crippen molar-refractivity contribution in [3.63, 3.8) is 0 Å². The van der Waals surface area contributed by atoms with Gasteiger partial charge in [0, 0.05) is 16.0 Å². The maximum Gasteiger partial charge on any atom is 0.282 e. The van der Waals surface area contributed by atoms with Crippen molar-refractivity contribution in [3.05, 3.63) is 56.5 Å². The van der Waals surface area contributed by atoms with Crippen LogP contribution in [-0.2, 0) is 0 Å². The highest BCUT2D eigenvalue weighted by atomic mass is 79.9. The summed E-state index contributed by atoms with van der Waals surface area (Å²) in [6.45, 7) is 8.13. The van der Waals surface area contributed by atoms with Crippen molar-refractivity contribution in [1.82, 2.24) is 9.66 Å². The molecule has 8 heteroatoms. The molecular formula is C25H30BrN3O4. The summed E-state index contributed by atoms with van der Waals surface area (Å²) in [4.78, 5) is 18.1. The van der Waals surface area contributed by atoms with Crippen LogP contribution in [0.25, 0.3) is 10.9 Å². The van der Waals surface area contributed by atoms with Gasteiger partial charge in [0.2, 0.25) is 5.75 Å². The van der Waals surface area contributed by atoms with Gasteiger partial charge in [-0.25, -0.2) is 4.98 Å². The molecule has 2 atom stereocenters. The molecule has 0 bridgehead atoms. The number of hydrogen-bond donors (Lipinski definition) is 0. The number of rotatable bonds is 9. The molecule has 0 aliphatic rings. The lowest BCUT2D eigenvalue weighted by Crippen LogP contribution is -2.23. The zero-order valence-electron chi connectivity index (χ0n) is 19.9. The minimum Gasteiger partial charge on any atom is -0.493 e. The molecule has 0 spiro atoms. The van der Waals surface area contributed by atoms with Crippen LogP contribution in [0, 0.1) is 0 Å². The number of methoxy groups -OCH3 is 2. The van der Waals surface area contributed by atoms with Crippen LogP contribution in [0.1, 0.15) is 57.8 Å². The second-order valence-electron chi connectivity index (χ2n) is 7.89. The Morgan fingerprint density at radius 3 is 2.33 bits per heavy atom. The maximum atomic E-state index is 13.3. The van der Waals surface area contributed by atoms with Crippen molar-refractivity contribution in [2.45, 2.75) is 52.6 Å². The summed E-state index contributed by atoms with van der Waals surface area (Å²) in [6.07, 6.45) is 3.29. The van der Waals surface area contributed by atoms with Crippen LogP contribution >= 0.6 is 15.9 Å². The molecule has 7 nitrogen and oxygen atoms in total. The summed E-state index contributed by atoms with van der Waals surface area (Å²) in [5.41, 5.74) is 1.14. The number of fused-ring (bicyclic) bond motifs is 1. The Kier molecular flexibility index (Phi) is 8.13. The van der Waals surface area contributed by atoms with Crippen LogP contribution in [0.3, 0.4) is 0 Å². The van der Waals surface area contributed by atoms with Gasteiger partial charge in [0.05, 0.1) is 37.4 Å². The van der Waals surface area contributed by atoms with E-state index < -0.39 is 0 Å². The molecule has 2 aromatic carbocycles. The maximum absolute atomic E-state index is 13.3. The molecule has 0 N–H and O–H groups in total. The fourth-order valence-electron chi connectivity index (χ4n) is 3.28. The molecule has 0 aliphatic carbocycles. The topological polar surface area (TPSA) is 74.9 Å². The van der Waals surface area contributed by atoms with E-state index in [4.69, 9.17) is 19.2 Å². The third-order valence-electron chi connectivity index (χ3n) is 5.59. The second-order valence-corrected chi connectivity index (χ2v) is 8.81. The molecule has 3 aromatic rings. The van der Waals surface area contributed by atoms with Crippen LogP contribution in [-0.4, -0.2) is 36.2 Å². The molecule has 176 valence electrons. The third kappa shape index (κ3) is 5.38. The molecule has 0 radical (unpaired) electrons. The van der Waals surface area contributed by atoms with Crippen LogP contribution in [0.15, 0.2) is 44.7 Å². The van der Waals surface area contributed by atoms with Gasteiger partial charge in [-0.2, -0.15) is 9.78 Å². The Morgan fingerprint density at radius 2 is 1.76 bits per heavy atom. The first-order valence-electron chi connectivity index (χ1n) is 11.0. The Hall–Kier alpha value is -2.87. The fraction of sp³-hybridized carbons (Fsp3) is 0.400. The van der Waals surface area contributed by atoms with Crippen LogP contribution in [0.2, 0.25) is 0 Å². The zero-order valence-corrected chi connectivity index (χ0v) is 21.5. The highest BCUT2D eigenvalue weighted by Gasteiger charge is 2.18. The number of benzene rings is 2. The molecule has 0 saturated heterocycles. The van der Waals surface area contributed by atoms with E-state index in [0.717, 1.165) is 17.3 Å². The van der Waals surface area contributed by atoms with E-state index >= 15 is 0 Å². The number of halogens is 1. The van der Waals surface area contributed by atoms with Gasteiger partial charge in [0.1, 0.15) is 5.82 Å². The van der Waals surface area contributed by atoms with Gasteiger partial charge in [-0.3, -0.25) is 4.79 Å². The average Bonchev–Trinajstić information content (AvgIpc) is 2.83. The summed E-state index contributed by atoms with van der Waals surface area (Å²) in [5, 5.41) is 5.03. The van der Waals surface area contributed by atoms with Gasteiger partial charge in [-0.1, -0.05) is 36.7 Å². The van der Waals surface area contributed by atoms with E-state index in [9.17, 15) is 4.79 Å². The first-order valence-corrected chi connectivity index (χ1v) is 11.8. The standard InChI is InChI=1S/C25H30BrN3O4/c1-7-15(3)24-28-20-10-9-18(26)13-19(20)25(30)29(24)27-14-17-11-21(31-5)23(22(12-17)32-6)33-16(4)8-2/h9-16H,7-8H2,1-6H3/t15-,16-/m1/s1. The van der Waals surface area contributed by atoms with Gasteiger partial charge >= 0.3 is 0 Å². The minimum absolute atomic E-state index is 0.00646. The van der Waals surface area contributed by atoms with Crippen LogP contribution in [0.5, 0.6) is 17.2 Å². The quantitative estimate of drug-likeness (QED) is 0.339. The minimum atomic E-state index is -0.219. The summed E-state index contributed by atoms with van der Waals surface area (Å²) >= 11 is 3.43. The Balaban J connectivity index is 2.13. The number of hydrogen-bond acceptors (Lipinski definition) is 6. The molecule has 0 fully saturated rings. The lowest BCUT2D eigenvalue weighted by Gasteiger charge is -2.18. The van der Waals surface area contributed by atoms with E-state index in [-0.39, 0.29) is 17.6 Å². The monoisotopic (exact) mass is 515 g/mol. The largest absolute Gasteiger partial charge is 0.493 e. The van der Waals surface area contributed by atoms with Crippen LogP contribution < -0.4 is 19.8 Å². The summed E-state index contributed by atoms with van der Waals surface area (Å²) < 4.78 is 19.3. The molecule has 33 heavy (non-hydrogen) atoms. The fourth-order valence-corrected chi connectivity index (χ4v) is 3.64. The van der Waals surface area contributed by atoms with Crippen molar-refractivity contribution >= 4 is 33.0 Å². The molecule has 0 aliphatic heterocycles. The van der Waals surface area contributed by atoms with E-state index in [1.54, 1.807) is 26.5 Å². The molecule has 0 saturated carbocycles. The van der Waals surface area contributed by atoms with Crippen molar-refractivity contribution in [2.24, 2.45) is 5.10 Å². The zero-order chi connectivity index (χ0) is 24.1. The van der Waals surface area contributed by atoms with Crippen molar-refractivity contribution in [1.29, 1.82) is 0 Å². The first-order chi connectivity index (χ1) is 15.8. The van der Waals surface area contributed by atoms with Crippen molar-refractivity contribution in [3.8, 4) is 17.2 Å². The SMILES string of the molecule is CC[C@@H](C)Oc1c(OC)cc(C=Nn2c([C@H](C)CC)nc3ccc(Br)cc3c2=O)cc1OC. The van der Waals surface area contributed by atoms with Gasteiger partial charge in [-0.05, 0) is 50.1 Å². The Bertz CT molecular complexity index is 1200. The van der Waals surface area contributed by atoms with Gasteiger partial charge in [0.15, 0.2) is 11.5 Å². The normalized spacial score (nSPS) is 13.3. The highest BCUT2D eigenvalue weighted by molar-refractivity contribution is 9.10. The van der Waals surface area contributed by atoms with Gasteiger partial charge in [-0.15, -0.1) is 0 Å². The lowest BCUT2D eigenvalue weighted by molar-refractivity contribution is 0.198. The van der Waals surface area contributed by atoms with Crippen molar-refractivity contribution in [2.75, 3.05) is 14.2 Å². The van der Waals surface area contributed by atoms with E-state index in [0.29, 0.717) is 39.5 Å². The second kappa shape index (κ2) is 10.8. The van der Waals surface area contributed by atoms with Crippen molar-refractivity contribution < 1.29 is 14.2 Å².